The van der Waals surface area contributed by atoms with E-state index in [0.717, 1.165) is 0 Å². The summed E-state index contributed by atoms with van der Waals surface area (Å²) in [7, 11) is 0.612. The zero-order chi connectivity index (χ0) is 8.27. The fourth-order valence-corrected chi connectivity index (χ4v) is 1.02. The summed E-state index contributed by atoms with van der Waals surface area (Å²) in [6.07, 6.45) is 1.18. The maximum absolute atomic E-state index is 10.8. The van der Waals surface area contributed by atoms with Crippen LogP contribution in [0.4, 0.5) is 0 Å². The van der Waals surface area contributed by atoms with Gasteiger partial charge >= 0.3 is 64.4 Å². The Hall–Kier alpha value is -0.995. The number of carbonyl (C=O) groups excluding carboxylic acids is 1. The van der Waals surface area contributed by atoms with E-state index in [1.54, 1.807) is 0 Å². The van der Waals surface area contributed by atoms with E-state index >= 15 is 0 Å². The fraction of sp³-hybridized carbons (Fsp3) is 0.667. The molecule has 0 unspecified atom stereocenters. The molecule has 2 atom stereocenters. The molecule has 0 saturated carbocycles. The van der Waals surface area contributed by atoms with E-state index in [9.17, 15) is 9.50 Å². The molecule has 5 heteroatoms. The van der Waals surface area contributed by atoms with Crippen LogP contribution in [0, 0.1) is 5.92 Å². The van der Waals surface area contributed by atoms with Crippen LogP contribution in [-0.2, 0) is 9.50 Å². The number of nitrogens with zero attached hydrogens (tertiary/aromatic N) is 1. The molecule has 1 N–H and O–H groups in total. The van der Waals surface area contributed by atoms with E-state index < -0.39 is 0 Å². The molecule has 1 heterocycles. The molecular weight excluding hydrogens is 143 g/mol. The van der Waals surface area contributed by atoms with Crippen molar-refractivity contribution in [2.24, 2.45) is 10.9 Å². The van der Waals surface area contributed by atoms with Gasteiger partial charge in [0.1, 0.15) is 0 Å². The van der Waals surface area contributed by atoms with Crippen molar-refractivity contribution in [3.05, 3.63) is 0 Å². The van der Waals surface area contributed by atoms with Crippen LogP contribution in [0.25, 0.3) is 0 Å². The van der Waals surface area contributed by atoms with Crippen molar-refractivity contribution < 1.29 is 9.50 Å². The molecule has 0 aromatic rings. The molecule has 58 valence electrons. The van der Waals surface area contributed by atoms with Gasteiger partial charge in [0.25, 0.3) is 0 Å². The number of hydrogen-bond acceptors (Lipinski definition) is 3. The number of aliphatic imine (C=N–C) groups is 1. The zero-order valence-corrected chi connectivity index (χ0v) is 6.28. The van der Waals surface area contributed by atoms with Crippen LogP contribution in [0.3, 0.4) is 0 Å². The molecule has 1 rings (SSSR count). The van der Waals surface area contributed by atoms with Gasteiger partial charge in [-0.1, -0.05) is 0 Å². The summed E-state index contributed by atoms with van der Waals surface area (Å²) in [5, 5.41) is 2.68. The van der Waals surface area contributed by atoms with E-state index in [-0.39, 0.29) is 17.9 Å². The standard InChI is InChI=1S/C6H9BN2O2/c1-4-5(6(10)9-4)2-8-3-7-11/h3-5H,2H2,1H3,(H,9,10)/b8-3-/t4-,5+/m0/s1. The van der Waals surface area contributed by atoms with Gasteiger partial charge in [-0.05, 0) is 0 Å². The van der Waals surface area contributed by atoms with Gasteiger partial charge in [0.05, 0.1) is 0 Å². The molecule has 0 aliphatic carbocycles. The second-order valence-corrected chi connectivity index (χ2v) is 2.55. The van der Waals surface area contributed by atoms with Crippen molar-refractivity contribution in [1.82, 2.24) is 5.32 Å². The third-order valence-electron chi connectivity index (χ3n) is 1.78. The summed E-state index contributed by atoms with van der Waals surface area (Å²) >= 11 is 0. The number of rotatable bonds is 3. The first-order valence-electron chi connectivity index (χ1n) is 3.49. The predicted molar refractivity (Wildman–Crippen MR) is 40.9 cm³/mol. The Balaban J connectivity index is 2.31. The molecule has 4 nitrogen and oxygen atoms in total. The van der Waals surface area contributed by atoms with Crippen LogP contribution in [0.15, 0.2) is 4.99 Å². The van der Waals surface area contributed by atoms with Gasteiger partial charge in [0.15, 0.2) is 0 Å². The summed E-state index contributed by atoms with van der Waals surface area (Å²) in [5.74, 6) is -0.00764. The first-order valence-corrected chi connectivity index (χ1v) is 3.49. The Bertz CT molecular complexity index is 205. The quantitative estimate of drug-likeness (QED) is 0.327. The summed E-state index contributed by atoms with van der Waals surface area (Å²) in [4.78, 5) is 14.5. The third kappa shape index (κ3) is 1.72. The molecule has 1 aliphatic rings. The molecular formula is C6H9BN2O2. The van der Waals surface area contributed by atoms with E-state index in [2.05, 4.69) is 10.3 Å². The Morgan fingerprint density at radius 2 is 2.55 bits per heavy atom. The van der Waals surface area contributed by atoms with Crippen LogP contribution < -0.4 is 5.32 Å². The van der Waals surface area contributed by atoms with Gasteiger partial charge in [0.2, 0.25) is 0 Å². The second kappa shape index (κ2) is 3.41. The molecule has 1 saturated heterocycles. The van der Waals surface area contributed by atoms with E-state index in [1.807, 2.05) is 6.92 Å². The van der Waals surface area contributed by atoms with Crippen LogP contribution in [0.1, 0.15) is 6.92 Å². The Labute approximate surface area is 65.3 Å². The Kier molecular flexibility index (Phi) is 2.51. The third-order valence-corrected chi connectivity index (χ3v) is 1.78. The summed E-state index contributed by atoms with van der Waals surface area (Å²) < 4.78 is 9.81. The molecule has 1 aliphatic heterocycles. The molecule has 11 heavy (non-hydrogen) atoms. The Morgan fingerprint density at radius 3 is 3.00 bits per heavy atom. The summed E-state index contributed by atoms with van der Waals surface area (Å²) in [5.41, 5.74) is 0. The minimum atomic E-state index is -0.0359. The first-order chi connectivity index (χ1) is 5.25. The number of carbonyl (C=O) groups is 1. The average Bonchev–Trinajstić information content (AvgIpc) is 1.98. The molecule has 1 fully saturated rings. The van der Waals surface area contributed by atoms with Crippen LogP contribution in [0.2, 0.25) is 0 Å². The zero-order valence-electron chi connectivity index (χ0n) is 6.28. The monoisotopic (exact) mass is 152 g/mol. The number of nitrogens with one attached hydrogen (secondary N) is 1. The van der Waals surface area contributed by atoms with Gasteiger partial charge < -0.3 is 0 Å². The Morgan fingerprint density at radius 1 is 1.82 bits per heavy atom. The average molecular weight is 152 g/mol. The van der Waals surface area contributed by atoms with Crippen molar-refractivity contribution in [3.63, 3.8) is 0 Å². The van der Waals surface area contributed by atoms with E-state index in [1.165, 1.54) is 6.11 Å². The van der Waals surface area contributed by atoms with Crippen molar-refractivity contribution >= 4 is 19.2 Å². The minimum absolute atomic E-state index is 0.0283. The molecule has 0 aromatic heterocycles. The number of β-lactam (4-membered cyclic amide) rings is 1. The van der Waals surface area contributed by atoms with Crippen LogP contribution >= 0.6 is 0 Å². The SMILES string of the molecule is C[C@@H]1NC(=O)[C@@H]1C/N=C\B=O. The van der Waals surface area contributed by atoms with Crippen molar-refractivity contribution in [1.29, 1.82) is 0 Å². The van der Waals surface area contributed by atoms with Crippen molar-refractivity contribution in [2.75, 3.05) is 6.54 Å². The number of hydrogen-bond donors (Lipinski definition) is 1. The summed E-state index contributed by atoms with van der Waals surface area (Å²) in [6.45, 7) is 2.34. The normalized spacial score (nSPS) is 29.4. The molecule has 1 amide bonds. The summed E-state index contributed by atoms with van der Waals surface area (Å²) in [6, 6.07) is 0.200. The van der Waals surface area contributed by atoms with Gasteiger partial charge in [-0.15, -0.1) is 0 Å². The van der Waals surface area contributed by atoms with Crippen LogP contribution in [0.5, 0.6) is 0 Å². The van der Waals surface area contributed by atoms with Gasteiger partial charge in [-0.25, -0.2) is 0 Å². The molecule has 0 spiro atoms. The van der Waals surface area contributed by atoms with Crippen molar-refractivity contribution in [3.8, 4) is 0 Å². The second-order valence-electron chi connectivity index (χ2n) is 2.55. The van der Waals surface area contributed by atoms with E-state index in [4.69, 9.17) is 0 Å². The van der Waals surface area contributed by atoms with Gasteiger partial charge in [0, 0.05) is 0 Å². The fourth-order valence-electron chi connectivity index (χ4n) is 1.02. The topological polar surface area (TPSA) is 58.5 Å². The molecule has 0 aromatic carbocycles. The van der Waals surface area contributed by atoms with E-state index in [0.29, 0.717) is 13.7 Å². The van der Waals surface area contributed by atoms with Crippen molar-refractivity contribution in [2.45, 2.75) is 13.0 Å². The predicted octanol–water partition coefficient (Wildman–Crippen LogP) is -0.801. The first kappa shape index (κ1) is 8.10. The van der Waals surface area contributed by atoms with Gasteiger partial charge in [-0.2, -0.15) is 0 Å². The number of amides is 1. The van der Waals surface area contributed by atoms with Crippen LogP contribution in [-0.4, -0.2) is 31.8 Å². The maximum atomic E-state index is 10.8. The molecule has 0 bridgehead atoms. The van der Waals surface area contributed by atoms with Gasteiger partial charge in [-0.3, -0.25) is 0 Å². The molecule has 0 radical (unpaired) electrons.